The molecule has 0 aliphatic carbocycles. The SMILES string of the molecule is CCCCCCOc1cccc(NC(=O)c2ccc(OCCc3ccccc3)c(Br)c2)c1. The molecule has 1 N–H and O–H groups in total. The molecule has 0 aliphatic rings. The van der Waals surface area contributed by atoms with Crippen molar-refractivity contribution >= 4 is 27.5 Å². The van der Waals surface area contributed by atoms with Crippen LogP contribution < -0.4 is 14.8 Å². The molecule has 168 valence electrons. The number of unbranched alkanes of at least 4 members (excludes halogenated alkanes) is 3. The molecule has 5 heteroatoms. The Kier molecular flexibility index (Phi) is 9.63. The maximum Gasteiger partial charge on any atom is 0.255 e. The van der Waals surface area contributed by atoms with Crippen LogP contribution in [0.1, 0.15) is 48.5 Å². The Hall–Kier alpha value is -2.79. The summed E-state index contributed by atoms with van der Waals surface area (Å²) in [5.41, 5.74) is 2.49. The highest BCUT2D eigenvalue weighted by atomic mass is 79.9. The second-order valence-electron chi connectivity index (χ2n) is 7.62. The minimum Gasteiger partial charge on any atom is -0.494 e. The number of anilines is 1. The quantitative estimate of drug-likeness (QED) is 0.268. The molecule has 0 heterocycles. The van der Waals surface area contributed by atoms with E-state index in [2.05, 4.69) is 40.3 Å². The highest BCUT2D eigenvalue weighted by Crippen LogP contribution is 2.27. The van der Waals surface area contributed by atoms with Gasteiger partial charge in [0.2, 0.25) is 0 Å². The van der Waals surface area contributed by atoms with Crippen LogP contribution >= 0.6 is 15.9 Å². The third-order valence-corrected chi connectivity index (χ3v) is 5.66. The van der Waals surface area contributed by atoms with Crippen LogP contribution in [0.3, 0.4) is 0 Å². The van der Waals surface area contributed by atoms with Gasteiger partial charge in [0.25, 0.3) is 5.91 Å². The molecule has 3 aromatic carbocycles. The predicted molar refractivity (Wildman–Crippen MR) is 134 cm³/mol. The van der Waals surface area contributed by atoms with Gasteiger partial charge in [0, 0.05) is 23.7 Å². The van der Waals surface area contributed by atoms with E-state index in [9.17, 15) is 4.79 Å². The molecule has 0 aliphatic heterocycles. The molecule has 4 nitrogen and oxygen atoms in total. The Labute approximate surface area is 199 Å². The van der Waals surface area contributed by atoms with Crippen molar-refractivity contribution in [3.8, 4) is 11.5 Å². The van der Waals surface area contributed by atoms with Crippen molar-refractivity contribution < 1.29 is 14.3 Å². The number of halogens is 1. The molecule has 0 saturated heterocycles. The molecule has 0 bridgehead atoms. The van der Waals surface area contributed by atoms with E-state index in [1.807, 2.05) is 48.5 Å². The van der Waals surface area contributed by atoms with Crippen LogP contribution in [-0.4, -0.2) is 19.1 Å². The van der Waals surface area contributed by atoms with Crippen molar-refractivity contribution in [2.75, 3.05) is 18.5 Å². The van der Waals surface area contributed by atoms with Crippen LogP contribution in [0.25, 0.3) is 0 Å². The Morgan fingerprint density at radius 3 is 2.50 bits per heavy atom. The minimum absolute atomic E-state index is 0.179. The fourth-order valence-electron chi connectivity index (χ4n) is 3.27. The zero-order valence-corrected chi connectivity index (χ0v) is 20.1. The van der Waals surface area contributed by atoms with Crippen LogP contribution in [0.2, 0.25) is 0 Å². The van der Waals surface area contributed by atoms with Gasteiger partial charge in [-0.25, -0.2) is 0 Å². The summed E-state index contributed by atoms with van der Waals surface area (Å²) in [6.07, 6.45) is 5.48. The van der Waals surface area contributed by atoms with Gasteiger partial charge in [0.15, 0.2) is 0 Å². The lowest BCUT2D eigenvalue weighted by atomic mass is 10.1. The molecule has 0 aromatic heterocycles. The molecule has 0 atom stereocenters. The number of hydrogen-bond acceptors (Lipinski definition) is 3. The average Bonchev–Trinajstić information content (AvgIpc) is 2.81. The number of carbonyl (C=O) groups excluding carboxylic acids is 1. The van der Waals surface area contributed by atoms with Gasteiger partial charge < -0.3 is 14.8 Å². The molecule has 0 unspecified atom stereocenters. The van der Waals surface area contributed by atoms with Gasteiger partial charge in [-0.2, -0.15) is 0 Å². The second kappa shape index (κ2) is 12.9. The van der Waals surface area contributed by atoms with Crippen LogP contribution in [0, 0.1) is 0 Å². The van der Waals surface area contributed by atoms with Crippen LogP contribution in [0.15, 0.2) is 77.3 Å². The molecule has 3 rings (SSSR count). The van der Waals surface area contributed by atoms with Crippen LogP contribution in [0.5, 0.6) is 11.5 Å². The zero-order valence-electron chi connectivity index (χ0n) is 18.5. The maximum atomic E-state index is 12.7. The first-order chi connectivity index (χ1) is 15.7. The van der Waals surface area contributed by atoms with E-state index in [0.29, 0.717) is 24.5 Å². The summed E-state index contributed by atoms with van der Waals surface area (Å²) in [7, 11) is 0. The second-order valence-corrected chi connectivity index (χ2v) is 8.47. The first-order valence-corrected chi connectivity index (χ1v) is 12.0. The lowest BCUT2D eigenvalue weighted by Crippen LogP contribution is -2.12. The molecule has 0 radical (unpaired) electrons. The molecule has 0 saturated carbocycles. The highest BCUT2D eigenvalue weighted by Gasteiger charge is 2.10. The first-order valence-electron chi connectivity index (χ1n) is 11.2. The Morgan fingerprint density at radius 2 is 1.72 bits per heavy atom. The van der Waals surface area contributed by atoms with Crippen LogP contribution in [-0.2, 0) is 6.42 Å². The number of ether oxygens (including phenoxy) is 2. The van der Waals surface area contributed by atoms with Gasteiger partial charge >= 0.3 is 0 Å². The fraction of sp³-hybridized carbons (Fsp3) is 0.296. The largest absolute Gasteiger partial charge is 0.494 e. The van der Waals surface area contributed by atoms with Gasteiger partial charge in [-0.1, -0.05) is 62.6 Å². The lowest BCUT2D eigenvalue weighted by Gasteiger charge is -2.11. The summed E-state index contributed by atoms with van der Waals surface area (Å²) >= 11 is 3.52. The van der Waals surface area contributed by atoms with E-state index in [0.717, 1.165) is 28.8 Å². The predicted octanol–water partition coefficient (Wildman–Crippen LogP) is 7.28. The normalized spacial score (nSPS) is 10.6. The van der Waals surface area contributed by atoms with E-state index in [-0.39, 0.29) is 5.91 Å². The Bertz CT molecular complexity index is 991. The number of amides is 1. The van der Waals surface area contributed by atoms with Crippen LogP contribution in [0.4, 0.5) is 5.69 Å². The van der Waals surface area contributed by atoms with E-state index in [1.54, 1.807) is 12.1 Å². The molecule has 3 aromatic rings. The Morgan fingerprint density at radius 1 is 0.875 bits per heavy atom. The molecule has 1 amide bonds. The van der Waals surface area contributed by atoms with E-state index in [4.69, 9.17) is 9.47 Å². The summed E-state index contributed by atoms with van der Waals surface area (Å²) in [6.45, 7) is 3.45. The summed E-state index contributed by atoms with van der Waals surface area (Å²) in [5.74, 6) is 1.31. The summed E-state index contributed by atoms with van der Waals surface area (Å²) in [5, 5.41) is 2.94. The van der Waals surface area contributed by atoms with Gasteiger partial charge in [-0.05, 0) is 58.2 Å². The van der Waals surface area contributed by atoms with Crippen molar-refractivity contribution in [2.45, 2.75) is 39.0 Å². The molecule has 32 heavy (non-hydrogen) atoms. The van der Waals surface area contributed by atoms with Crippen molar-refractivity contribution in [1.82, 2.24) is 0 Å². The van der Waals surface area contributed by atoms with E-state index >= 15 is 0 Å². The third kappa shape index (κ3) is 7.72. The highest BCUT2D eigenvalue weighted by molar-refractivity contribution is 9.10. The smallest absolute Gasteiger partial charge is 0.255 e. The van der Waals surface area contributed by atoms with Crippen molar-refractivity contribution in [1.29, 1.82) is 0 Å². The number of hydrogen-bond donors (Lipinski definition) is 1. The molecular weight excluding hydrogens is 466 g/mol. The first kappa shape index (κ1) is 23.9. The maximum absolute atomic E-state index is 12.7. The number of nitrogens with one attached hydrogen (secondary N) is 1. The van der Waals surface area contributed by atoms with Gasteiger partial charge in [0.05, 0.1) is 17.7 Å². The van der Waals surface area contributed by atoms with Gasteiger partial charge in [-0.3, -0.25) is 4.79 Å². The number of rotatable bonds is 12. The van der Waals surface area contributed by atoms with E-state index < -0.39 is 0 Å². The Balaban J connectivity index is 1.51. The van der Waals surface area contributed by atoms with Crippen molar-refractivity contribution in [2.24, 2.45) is 0 Å². The fourth-order valence-corrected chi connectivity index (χ4v) is 3.76. The molecule has 0 spiro atoms. The zero-order chi connectivity index (χ0) is 22.6. The standard InChI is InChI=1S/C27H30BrNO3/c1-2-3-4-8-17-31-24-13-9-12-23(20-24)29-27(30)22-14-15-26(25(28)19-22)32-18-16-21-10-6-5-7-11-21/h5-7,9-15,19-20H,2-4,8,16-18H2,1H3,(H,29,30). The minimum atomic E-state index is -0.179. The monoisotopic (exact) mass is 495 g/mol. The third-order valence-electron chi connectivity index (χ3n) is 5.04. The van der Waals surface area contributed by atoms with Gasteiger partial charge in [0.1, 0.15) is 11.5 Å². The van der Waals surface area contributed by atoms with Crippen molar-refractivity contribution in [3.05, 3.63) is 88.4 Å². The topological polar surface area (TPSA) is 47.6 Å². The average molecular weight is 496 g/mol. The number of carbonyl (C=O) groups is 1. The molecule has 0 fully saturated rings. The summed E-state index contributed by atoms with van der Waals surface area (Å²) in [4.78, 5) is 12.7. The van der Waals surface area contributed by atoms with Gasteiger partial charge in [-0.15, -0.1) is 0 Å². The lowest BCUT2D eigenvalue weighted by molar-refractivity contribution is 0.102. The summed E-state index contributed by atoms with van der Waals surface area (Å²) < 4.78 is 12.4. The summed E-state index contributed by atoms with van der Waals surface area (Å²) in [6, 6.07) is 23.1. The number of benzene rings is 3. The van der Waals surface area contributed by atoms with E-state index in [1.165, 1.54) is 24.8 Å². The molecular formula is C27H30BrNO3. The van der Waals surface area contributed by atoms with Crippen molar-refractivity contribution in [3.63, 3.8) is 0 Å².